The second-order valence-corrected chi connectivity index (χ2v) is 5.17. The summed E-state index contributed by atoms with van der Waals surface area (Å²) in [6.07, 6.45) is -5.61. The molecule has 0 saturated carbocycles. The van der Waals surface area contributed by atoms with Crippen molar-refractivity contribution in [1.82, 2.24) is 4.72 Å². The van der Waals surface area contributed by atoms with E-state index in [0.717, 1.165) is 0 Å². The van der Waals surface area contributed by atoms with Gasteiger partial charge in [-0.05, 0) is 18.4 Å². The summed E-state index contributed by atoms with van der Waals surface area (Å²) >= 11 is 0. The molecule has 0 saturated heterocycles. The number of hydrogen-bond acceptors (Lipinski definition) is 3. The smallest absolute Gasteiger partial charge is 0.215 e. The zero-order valence-corrected chi connectivity index (χ0v) is 9.76. The van der Waals surface area contributed by atoms with Crippen molar-refractivity contribution in [3.63, 3.8) is 0 Å². The summed E-state index contributed by atoms with van der Waals surface area (Å²) in [5, 5.41) is 3.18. The van der Waals surface area contributed by atoms with Gasteiger partial charge in [-0.1, -0.05) is 5.11 Å². The van der Waals surface area contributed by atoms with E-state index in [2.05, 4.69) is 14.7 Å². The Labute approximate surface area is 96.9 Å². The van der Waals surface area contributed by atoms with Gasteiger partial charge in [0.25, 0.3) is 0 Å². The minimum absolute atomic E-state index is 0.0490. The van der Waals surface area contributed by atoms with Crippen LogP contribution >= 0.6 is 0 Å². The quantitative estimate of drug-likeness (QED) is 0.317. The fraction of sp³-hybridized carbons (Fsp3) is 1.00. The van der Waals surface area contributed by atoms with Crippen LogP contribution in [-0.4, -0.2) is 33.4 Å². The van der Waals surface area contributed by atoms with Crippen molar-refractivity contribution in [2.24, 2.45) is 5.11 Å². The van der Waals surface area contributed by atoms with Gasteiger partial charge < -0.3 is 0 Å². The van der Waals surface area contributed by atoms with E-state index in [1.807, 2.05) is 0 Å². The Kier molecular flexibility index (Phi) is 6.93. The first-order valence-corrected chi connectivity index (χ1v) is 6.47. The van der Waals surface area contributed by atoms with Crippen LogP contribution in [0.2, 0.25) is 0 Å². The third-order valence-corrected chi connectivity index (χ3v) is 3.16. The Balaban J connectivity index is 3.77. The highest BCUT2D eigenvalue weighted by atomic mass is 32.2. The van der Waals surface area contributed by atoms with Gasteiger partial charge >= 0.3 is 6.18 Å². The molecular formula is C7H13F3N4O2S. The molecule has 0 atom stereocenters. The Bertz CT molecular complexity index is 362. The molecule has 1 N–H and O–H groups in total. The molecule has 0 heterocycles. The zero-order valence-electron chi connectivity index (χ0n) is 8.94. The third-order valence-electron chi connectivity index (χ3n) is 1.69. The fourth-order valence-electron chi connectivity index (χ4n) is 0.957. The number of nitrogens with one attached hydrogen (secondary N) is 1. The Morgan fingerprint density at radius 1 is 1.29 bits per heavy atom. The van der Waals surface area contributed by atoms with Crippen molar-refractivity contribution < 1.29 is 21.6 Å². The molecule has 0 amide bonds. The first kappa shape index (κ1) is 16.0. The lowest BCUT2D eigenvalue weighted by Gasteiger charge is -2.07. The minimum Gasteiger partial charge on any atom is -0.215 e. The van der Waals surface area contributed by atoms with E-state index in [1.165, 1.54) is 0 Å². The summed E-state index contributed by atoms with van der Waals surface area (Å²) in [5.74, 6) is -0.561. The lowest BCUT2D eigenvalue weighted by atomic mass is 10.3. The van der Waals surface area contributed by atoms with Crippen LogP contribution in [0.1, 0.15) is 19.3 Å². The minimum atomic E-state index is -4.34. The number of halogens is 3. The van der Waals surface area contributed by atoms with Gasteiger partial charge in [0.1, 0.15) is 0 Å². The number of azide groups is 1. The molecule has 0 radical (unpaired) electrons. The Morgan fingerprint density at radius 2 is 1.94 bits per heavy atom. The van der Waals surface area contributed by atoms with Crippen molar-refractivity contribution >= 4 is 10.0 Å². The number of sulfonamides is 1. The van der Waals surface area contributed by atoms with E-state index >= 15 is 0 Å². The molecule has 0 aromatic carbocycles. The van der Waals surface area contributed by atoms with E-state index < -0.39 is 34.8 Å². The predicted molar refractivity (Wildman–Crippen MR) is 55.7 cm³/mol. The van der Waals surface area contributed by atoms with Crippen LogP contribution < -0.4 is 4.72 Å². The second kappa shape index (κ2) is 7.36. The van der Waals surface area contributed by atoms with Gasteiger partial charge in [0.15, 0.2) is 0 Å². The maximum absolute atomic E-state index is 11.8. The lowest BCUT2D eigenvalue weighted by Crippen LogP contribution is -2.28. The van der Waals surface area contributed by atoms with Gasteiger partial charge in [-0.15, -0.1) is 0 Å². The van der Waals surface area contributed by atoms with Crippen molar-refractivity contribution in [3.8, 4) is 0 Å². The van der Waals surface area contributed by atoms with Gasteiger partial charge in [-0.2, -0.15) is 13.2 Å². The largest absolute Gasteiger partial charge is 0.389 e. The van der Waals surface area contributed by atoms with E-state index in [4.69, 9.17) is 5.53 Å². The molecule has 0 bridgehead atoms. The average molecular weight is 274 g/mol. The first-order chi connectivity index (χ1) is 7.77. The molecule has 0 unspecified atom stereocenters. The fourth-order valence-corrected chi connectivity index (χ4v) is 2.08. The van der Waals surface area contributed by atoms with Crippen LogP contribution in [0.15, 0.2) is 5.11 Å². The maximum Gasteiger partial charge on any atom is 0.389 e. The standard InChI is InChI=1S/C7H13F3N4O2S/c8-7(9,10)3-1-6-17(15,16)13-5-2-4-12-14-11/h13H,1-6H2. The van der Waals surface area contributed by atoms with E-state index in [1.54, 1.807) is 0 Å². The lowest BCUT2D eigenvalue weighted by molar-refractivity contribution is -0.134. The molecule has 0 aromatic rings. The van der Waals surface area contributed by atoms with E-state index in [0.29, 0.717) is 6.42 Å². The molecule has 100 valence electrons. The number of alkyl halides is 3. The highest BCUT2D eigenvalue weighted by Crippen LogP contribution is 2.21. The normalized spacial score (nSPS) is 12.2. The molecule has 0 fully saturated rings. The highest BCUT2D eigenvalue weighted by molar-refractivity contribution is 7.89. The molecule has 10 heteroatoms. The van der Waals surface area contributed by atoms with Gasteiger partial charge in [0, 0.05) is 24.4 Å². The van der Waals surface area contributed by atoms with Crippen LogP contribution in [-0.2, 0) is 10.0 Å². The molecule has 0 rings (SSSR count). The molecule has 0 aliphatic carbocycles. The van der Waals surface area contributed by atoms with Crippen molar-refractivity contribution in [3.05, 3.63) is 10.4 Å². The summed E-state index contributed by atoms with van der Waals surface area (Å²) in [7, 11) is -3.68. The Hall–Kier alpha value is -0.990. The van der Waals surface area contributed by atoms with Gasteiger partial charge in [-0.25, -0.2) is 13.1 Å². The van der Waals surface area contributed by atoms with E-state index in [9.17, 15) is 21.6 Å². The monoisotopic (exact) mass is 274 g/mol. The summed E-state index contributed by atoms with van der Waals surface area (Å²) in [6.45, 7) is 0.189. The van der Waals surface area contributed by atoms with Crippen LogP contribution in [0, 0.1) is 0 Å². The second-order valence-electron chi connectivity index (χ2n) is 3.24. The number of nitrogens with zero attached hydrogens (tertiary/aromatic N) is 3. The first-order valence-electron chi connectivity index (χ1n) is 4.82. The van der Waals surface area contributed by atoms with Crippen molar-refractivity contribution in [1.29, 1.82) is 0 Å². The summed E-state index contributed by atoms with van der Waals surface area (Å²) in [4.78, 5) is 2.47. The average Bonchev–Trinajstić information content (AvgIpc) is 2.14. The van der Waals surface area contributed by atoms with Crippen LogP contribution in [0.25, 0.3) is 10.4 Å². The molecule has 0 aliphatic rings. The van der Waals surface area contributed by atoms with Gasteiger partial charge in [0.2, 0.25) is 10.0 Å². The highest BCUT2D eigenvalue weighted by Gasteiger charge is 2.27. The van der Waals surface area contributed by atoms with E-state index in [-0.39, 0.29) is 13.1 Å². The predicted octanol–water partition coefficient (Wildman–Crippen LogP) is 1.95. The van der Waals surface area contributed by atoms with Gasteiger partial charge in [-0.3, -0.25) is 0 Å². The van der Waals surface area contributed by atoms with Crippen LogP contribution in [0.5, 0.6) is 0 Å². The summed E-state index contributed by atoms with van der Waals surface area (Å²) in [5.41, 5.74) is 7.93. The molecule has 0 aliphatic heterocycles. The topological polar surface area (TPSA) is 94.9 Å². The molecule has 17 heavy (non-hydrogen) atoms. The maximum atomic E-state index is 11.8. The number of rotatable bonds is 8. The van der Waals surface area contributed by atoms with Crippen molar-refractivity contribution in [2.75, 3.05) is 18.8 Å². The van der Waals surface area contributed by atoms with Crippen LogP contribution in [0.3, 0.4) is 0 Å². The molecular weight excluding hydrogens is 261 g/mol. The summed E-state index contributed by atoms with van der Waals surface area (Å²) in [6, 6.07) is 0. The van der Waals surface area contributed by atoms with Crippen LogP contribution in [0.4, 0.5) is 13.2 Å². The molecule has 0 aromatic heterocycles. The summed E-state index contributed by atoms with van der Waals surface area (Å²) < 4.78 is 59.7. The number of hydrogen-bond donors (Lipinski definition) is 1. The van der Waals surface area contributed by atoms with Crippen molar-refractivity contribution in [2.45, 2.75) is 25.4 Å². The van der Waals surface area contributed by atoms with Gasteiger partial charge in [0.05, 0.1) is 5.75 Å². The zero-order chi connectivity index (χ0) is 13.4. The third kappa shape index (κ3) is 11.3. The SMILES string of the molecule is [N-]=[N+]=NCCCNS(=O)(=O)CCCC(F)(F)F. The Morgan fingerprint density at radius 3 is 2.47 bits per heavy atom. The molecule has 0 spiro atoms. The molecule has 6 nitrogen and oxygen atoms in total.